The molecule has 7 heteroatoms. The molecule has 0 aliphatic rings. The van der Waals surface area contributed by atoms with Gasteiger partial charge in [0.25, 0.3) is 5.56 Å². The van der Waals surface area contributed by atoms with Gasteiger partial charge in [0, 0.05) is 30.8 Å². The number of aromatic amines is 1. The first-order valence-corrected chi connectivity index (χ1v) is 8.00. The minimum atomic E-state index is -0.486. The Kier molecular flexibility index (Phi) is 4.56. The molecular formula is C18H19N3O4. The summed E-state index contributed by atoms with van der Waals surface area (Å²) in [5, 5.41) is 2.73. The van der Waals surface area contributed by atoms with Crippen LogP contribution in [0.15, 0.2) is 44.3 Å². The zero-order chi connectivity index (χ0) is 18.0. The number of carbonyl (C=O) groups is 1. The molecule has 0 unspecified atom stereocenters. The fraction of sp³-hybridized carbons (Fsp3) is 0.278. The van der Waals surface area contributed by atoms with E-state index in [1.165, 1.54) is 4.57 Å². The van der Waals surface area contributed by atoms with Crippen molar-refractivity contribution in [2.45, 2.75) is 33.4 Å². The second-order valence-corrected chi connectivity index (χ2v) is 5.96. The van der Waals surface area contributed by atoms with Crippen LogP contribution < -0.4 is 16.6 Å². The number of nitrogens with one attached hydrogen (secondary N) is 2. The maximum Gasteiger partial charge on any atom is 0.419 e. The average Bonchev–Trinajstić information content (AvgIpc) is 2.87. The monoisotopic (exact) mass is 341 g/mol. The summed E-state index contributed by atoms with van der Waals surface area (Å²) in [6.07, 6.45) is 0.117. The zero-order valence-electron chi connectivity index (χ0n) is 14.1. The Bertz CT molecular complexity index is 1040. The minimum Gasteiger partial charge on any atom is -0.408 e. The molecule has 3 aromatic rings. The van der Waals surface area contributed by atoms with E-state index in [2.05, 4.69) is 10.3 Å². The van der Waals surface area contributed by atoms with E-state index in [0.717, 1.165) is 11.3 Å². The van der Waals surface area contributed by atoms with Crippen LogP contribution in [0.25, 0.3) is 11.1 Å². The molecule has 1 amide bonds. The first-order valence-electron chi connectivity index (χ1n) is 8.00. The summed E-state index contributed by atoms with van der Waals surface area (Å²) in [5.41, 5.74) is 3.10. The third kappa shape index (κ3) is 3.55. The number of fused-ring (bicyclic) bond motifs is 1. The van der Waals surface area contributed by atoms with Crippen molar-refractivity contribution in [1.82, 2.24) is 14.9 Å². The number of benzene rings is 1. The molecule has 0 saturated carbocycles. The maximum atomic E-state index is 12.1. The fourth-order valence-corrected chi connectivity index (χ4v) is 2.82. The average molecular weight is 341 g/mol. The molecule has 0 atom stereocenters. The van der Waals surface area contributed by atoms with Crippen LogP contribution in [0.1, 0.15) is 23.2 Å². The van der Waals surface area contributed by atoms with Gasteiger partial charge in [-0.05, 0) is 37.6 Å². The number of H-pyrrole nitrogens is 1. The molecule has 25 heavy (non-hydrogen) atoms. The lowest BCUT2D eigenvalue weighted by molar-refractivity contribution is -0.121. The second kappa shape index (κ2) is 6.80. The van der Waals surface area contributed by atoms with Crippen molar-refractivity contribution >= 4 is 17.0 Å². The molecule has 0 bridgehead atoms. The lowest BCUT2D eigenvalue weighted by Crippen LogP contribution is -2.29. The minimum absolute atomic E-state index is 0.117. The molecule has 1 aromatic carbocycles. The van der Waals surface area contributed by atoms with Gasteiger partial charge in [-0.1, -0.05) is 12.1 Å². The predicted molar refractivity (Wildman–Crippen MR) is 93.5 cm³/mol. The van der Waals surface area contributed by atoms with Crippen molar-refractivity contribution in [1.29, 1.82) is 0 Å². The van der Waals surface area contributed by atoms with Crippen LogP contribution in [0.5, 0.6) is 0 Å². The summed E-state index contributed by atoms with van der Waals surface area (Å²) in [5.74, 6) is -0.726. The van der Waals surface area contributed by atoms with E-state index in [1.807, 2.05) is 19.9 Å². The highest BCUT2D eigenvalue weighted by Crippen LogP contribution is 2.12. The molecule has 0 fully saturated rings. The van der Waals surface area contributed by atoms with Gasteiger partial charge in [0.05, 0.1) is 5.52 Å². The molecule has 0 radical (unpaired) electrons. The first kappa shape index (κ1) is 16.8. The number of hydrogen-bond donors (Lipinski definition) is 2. The Morgan fingerprint density at radius 1 is 1.24 bits per heavy atom. The van der Waals surface area contributed by atoms with Crippen LogP contribution in [-0.2, 0) is 17.9 Å². The van der Waals surface area contributed by atoms with Gasteiger partial charge in [-0.3, -0.25) is 14.2 Å². The number of rotatable bonds is 5. The Balaban J connectivity index is 1.65. The molecule has 130 valence electrons. The molecule has 3 rings (SSSR count). The highest BCUT2D eigenvalue weighted by atomic mass is 16.4. The third-order valence-electron chi connectivity index (χ3n) is 4.09. The molecule has 0 saturated heterocycles. The largest absolute Gasteiger partial charge is 0.419 e. The van der Waals surface area contributed by atoms with Crippen molar-refractivity contribution < 1.29 is 9.21 Å². The topological polar surface area (TPSA) is 97.1 Å². The van der Waals surface area contributed by atoms with Gasteiger partial charge in [-0.2, -0.15) is 0 Å². The van der Waals surface area contributed by atoms with E-state index in [0.29, 0.717) is 16.7 Å². The van der Waals surface area contributed by atoms with E-state index < -0.39 is 5.76 Å². The highest BCUT2D eigenvalue weighted by Gasteiger charge is 2.11. The molecule has 2 aromatic heterocycles. The van der Waals surface area contributed by atoms with Crippen LogP contribution in [0.4, 0.5) is 0 Å². The third-order valence-corrected chi connectivity index (χ3v) is 4.09. The quantitative estimate of drug-likeness (QED) is 0.737. The Morgan fingerprint density at radius 3 is 2.76 bits per heavy atom. The summed E-state index contributed by atoms with van der Waals surface area (Å²) in [7, 11) is 0. The Labute approximate surface area is 143 Å². The van der Waals surface area contributed by atoms with Crippen LogP contribution >= 0.6 is 0 Å². The molecule has 0 aliphatic heterocycles. The first-order chi connectivity index (χ1) is 12.0. The standard InChI is InChI=1S/C18H19N3O4/c1-11-9-12(2)20-17(23)13(11)10-19-16(22)7-8-21-14-5-3-4-6-15(14)25-18(21)24/h3-6,9H,7-8,10H2,1-2H3,(H,19,22)(H,20,23). The zero-order valence-corrected chi connectivity index (χ0v) is 14.1. The number of para-hydroxylation sites is 2. The smallest absolute Gasteiger partial charge is 0.408 e. The number of aryl methyl sites for hydroxylation is 3. The molecular weight excluding hydrogens is 322 g/mol. The summed E-state index contributed by atoms with van der Waals surface area (Å²) in [4.78, 5) is 38.6. The van der Waals surface area contributed by atoms with Gasteiger partial charge in [0.2, 0.25) is 5.91 Å². The molecule has 0 aliphatic carbocycles. The lowest BCUT2D eigenvalue weighted by Gasteiger charge is -2.08. The molecule has 2 heterocycles. The number of amides is 1. The van der Waals surface area contributed by atoms with Crippen LogP contribution in [0, 0.1) is 13.8 Å². The normalized spacial score (nSPS) is 11.0. The van der Waals surface area contributed by atoms with Gasteiger partial charge >= 0.3 is 5.76 Å². The van der Waals surface area contributed by atoms with Crippen LogP contribution in [0.3, 0.4) is 0 Å². The molecule has 7 nitrogen and oxygen atoms in total. The summed E-state index contributed by atoms with van der Waals surface area (Å²) in [6.45, 7) is 4.01. The van der Waals surface area contributed by atoms with Gasteiger partial charge in [-0.15, -0.1) is 0 Å². The van der Waals surface area contributed by atoms with Gasteiger partial charge in [0.15, 0.2) is 5.58 Å². The molecule has 0 spiro atoms. The fourth-order valence-electron chi connectivity index (χ4n) is 2.82. The number of hydrogen-bond acceptors (Lipinski definition) is 4. The van der Waals surface area contributed by atoms with Crippen molar-refractivity contribution in [2.24, 2.45) is 0 Å². The van der Waals surface area contributed by atoms with Crippen molar-refractivity contribution in [3.05, 3.63) is 68.1 Å². The van der Waals surface area contributed by atoms with E-state index in [4.69, 9.17) is 4.42 Å². The van der Waals surface area contributed by atoms with Crippen LogP contribution in [0.2, 0.25) is 0 Å². The maximum absolute atomic E-state index is 12.1. The number of oxazole rings is 1. The van der Waals surface area contributed by atoms with E-state index in [9.17, 15) is 14.4 Å². The lowest BCUT2D eigenvalue weighted by atomic mass is 10.1. The van der Waals surface area contributed by atoms with Crippen molar-refractivity contribution in [3.63, 3.8) is 0 Å². The second-order valence-electron chi connectivity index (χ2n) is 5.96. The highest BCUT2D eigenvalue weighted by molar-refractivity contribution is 5.76. The van der Waals surface area contributed by atoms with E-state index >= 15 is 0 Å². The Hall–Kier alpha value is -3.09. The van der Waals surface area contributed by atoms with Crippen molar-refractivity contribution in [2.75, 3.05) is 0 Å². The number of nitrogens with zero attached hydrogens (tertiary/aromatic N) is 1. The van der Waals surface area contributed by atoms with Gasteiger partial charge in [0.1, 0.15) is 0 Å². The molecule has 2 N–H and O–H groups in total. The number of carbonyl (C=O) groups excluding carboxylic acids is 1. The summed E-state index contributed by atoms with van der Waals surface area (Å²) in [6, 6.07) is 8.93. The SMILES string of the molecule is Cc1cc(C)c(CNC(=O)CCn2c(=O)oc3ccccc32)c(=O)[nH]1. The number of pyridine rings is 1. The van der Waals surface area contributed by atoms with E-state index in [-0.39, 0.29) is 31.0 Å². The van der Waals surface area contributed by atoms with Crippen LogP contribution in [-0.4, -0.2) is 15.5 Å². The van der Waals surface area contributed by atoms with Gasteiger partial charge in [-0.25, -0.2) is 4.79 Å². The summed E-state index contributed by atoms with van der Waals surface area (Å²) >= 11 is 0. The van der Waals surface area contributed by atoms with Gasteiger partial charge < -0.3 is 14.7 Å². The predicted octanol–water partition coefficient (Wildman–Crippen LogP) is 1.61. The van der Waals surface area contributed by atoms with E-state index in [1.54, 1.807) is 24.3 Å². The Morgan fingerprint density at radius 2 is 2.00 bits per heavy atom. The number of aromatic nitrogens is 2. The van der Waals surface area contributed by atoms with Crippen molar-refractivity contribution in [3.8, 4) is 0 Å². The summed E-state index contributed by atoms with van der Waals surface area (Å²) < 4.78 is 6.56.